The highest BCUT2D eigenvalue weighted by Gasteiger charge is 2.12. The maximum absolute atomic E-state index is 5.30. The summed E-state index contributed by atoms with van der Waals surface area (Å²) < 4.78 is 10.5. The summed E-state index contributed by atoms with van der Waals surface area (Å²) in [4.78, 5) is 0. The summed E-state index contributed by atoms with van der Waals surface area (Å²) in [5, 5.41) is 11.7. The Labute approximate surface area is 96.0 Å². The SMILES string of the molecule is c1nnc(NCc2ccc3c(c2)OCO3)s1. The van der Waals surface area contributed by atoms with Crippen LogP contribution in [-0.2, 0) is 6.54 Å². The molecule has 0 spiro atoms. The zero-order valence-electron chi connectivity index (χ0n) is 8.34. The van der Waals surface area contributed by atoms with Gasteiger partial charge in [-0.2, -0.15) is 0 Å². The number of aromatic nitrogens is 2. The Morgan fingerprint density at radius 2 is 2.25 bits per heavy atom. The van der Waals surface area contributed by atoms with Gasteiger partial charge in [-0.25, -0.2) is 0 Å². The van der Waals surface area contributed by atoms with E-state index in [2.05, 4.69) is 15.5 Å². The molecule has 0 unspecified atom stereocenters. The van der Waals surface area contributed by atoms with Crippen LogP contribution in [0.1, 0.15) is 5.56 Å². The highest BCUT2D eigenvalue weighted by molar-refractivity contribution is 7.13. The Morgan fingerprint density at radius 3 is 3.12 bits per heavy atom. The Kier molecular flexibility index (Phi) is 2.34. The van der Waals surface area contributed by atoms with Crippen molar-refractivity contribution in [3.05, 3.63) is 29.3 Å². The molecule has 0 saturated heterocycles. The quantitative estimate of drug-likeness (QED) is 0.880. The zero-order chi connectivity index (χ0) is 10.8. The normalized spacial score (nSPS) is 12.8. The zero-order valence-corrected chi connectivity index (χ0v) is 9.16. The second kappa shape index (κ2) is 3.97. The van der Waals surface area contributed by atoms with Crippen molar-refractivity contribution in [1.29, 1.82) is 0 Å². The summed E-state index contributed by atoms with van der Waals surface area (Å²) in [5.74, 6) is 1.61. The van der Waals surface area contributed by atoms with Gasteiger partial charge in [0.05, 0.1) is 0 Å². The fourth-order valence-electron chi connectivity index (χ4n) is 1.48. The average molecular weight is 235 g/mol. The van der Waals surface area contributed by atoms with Crippen molar-refractivity contribution in [2.24, 2.45) is 0 Å². The molecule has 0 bridgehead atoms. The number of ether oxygens (including phenoxy) is 2. The molecule has 0 saturated carbocycles. The fourth-order valence-corrected chi connectivity index (χ4v) is 1.92. The molecule has 1 N–H and O–H groups in total. The Morgan fingerprint density at radius 1 is 1.31 bits per heavy atom. The van der Waals surface area contributed by atoms with Gasteiger partial charge in [0, 0.05) is 6.54 Å². The summed E-state index contributed by atoms with van der Waals surface area (Å²) in [6, 6.07) is 5.89. The van der Waals surface area contributed by atoms with Crippen LogP contribution < -0.4 is 14.8 Å². The van der Waals surface area contributed by atoms with Gasteiger partial charge in [0.25, 0.3) is 0 Å². The molecule has 16 heavy (non-hydrogen) atoms. The molecule has 1 aromatic carbocycles. The first-order chi connectivity index (χ1) is 7.92. The van der Waals surface area contributed by atoms with E-state index >= 15 is 0 Å². The predicted molar refractivity (Wildman–Crippen MR) is 59.8 cm³/mol. The van der Waals surface area contributed by atoms with Crippen LogP contribution in [-0.4, -0.2) is 17.0 Å². The average Bonchev–Trinajstić information content (AvgIpc) is 2.97. The number of nitrogens with zero attached hydrogens (tertiary/aromatic N) is 2. The molecular weight excluding hydrogens is 226 g/mol. The molecule has 2 aromatic rings. The lowest BCUT2D eigenvalue weighted by Gasteiger charge is -2.03. The molecule has 0 aliphatic carbocycles. The van der Waals surface area contributed by atoms with E-state index in [1.165, 1.54) is 11.3 Å². The molecule has 3 rings (SSSR count). The minimum atomic E-state index is 0.308. The van der Waals surface area contributed by atoms with E-state index in [4.69, 9.17) is 9.47 Å². The van der Waals surface area contributed by atoms with Gasteiger partial charge in [0.1, 0.15) is 5.51 Å². The van der Waals surface area contributed by atoms with E-state index < -0.39 is 0 Å². The first-order valence-corrected chi connectivity index (χ1v) is 5.68. The third-order valence-corrected chi connectivity index (χ3v) is 2.89. The summed E-state index contributed by atoms with van der Waals surface area (Å²) >= 11 is 1.48. The maximum Gasteiger partial charge on any atom is 0.231 e. The molecule has 0 radical (unpaired) electrons. The largest absolute Gasteiger partial charge is 0.454 e. The third kappa shape index (κ3) is 1.79. The molecule has 0 atom stereocenters. The second-order valence-corrected chi connectivity index (χ2v) is 4.12. The van der Waals surface area contributed by atoms with Crippen molar-refractivity contribution >= 4 is 16.5 Å². The van der Waals surface area contributed by atoms with Gasteiger partial charge in [0.15, 0.2) is 11.5 Å². The molecule has 1 aromatic heterocycles. The Bertz CT molecular complexity index is 487. The lowest BCUT2D eigenvalue weighted by Crippen LogP contribution is -1.98. The monoisotopic (exact) mass is 235 g/mol. The van der Waals surface area contributed by atoms with Crippen LogP contribution in [0.5, 0.6) is 11.5 Å². The molecule has 5 nitrogen and oxygen atoms in total. The number of nitrogens with one attached hydrogen (secondary N) is 1. The van der Waals surface area contributed by atoms with Crippen LogP contribution in [0.3, 0.4) is 0 Å². The van der Waals surface area contributed by atoms with Crippen LogP contribution in [0.25, 0.3) is 0 Å². The second-order valence-electron chi connectivity index (χ2n) is 3.29. The third-order valence-electron chi connectivity index (χ3n) is 2.24. The Balaban J connectivity index is 1.71. The van der Waals surface area contributed by atoms with Crippen molar-refractivity contribution in [2.45, 2.75) is 6.54 Å². The standard InChI is InChI=1S/C10H9N3O2S/c1-2-8-9(15-6-14-8)3-7(1)4-11-10-13-12-5-16-10/h1-3,5H,4,6H2,(H,11,13). The highest BCUT2D eigenvalue weighted by Crippen LogP contribution is 2.32. The summed E-state index contributed by atoms with van der Waals surface area (Å²) in [6.45, 7) is 1.01. The summed E-state index contributed by atoms with van der Waals surface area (Å²) in [6.07, 6.45) is 0. The van der Waals surface area contributed by atoms with Gasteiger partial charge >= 0.3 is 0 Å². The molecular formula is C10H9N3O2S. The molecule has 82 valence electrons. The number of hydrogen-bond donors (Lipinski definition) is 1. The molecule has 0 fully saturated rings. The van der Waals surface area contributed by atoms with E-state index in [0.29, 0.717) is 13.3 Å². The molecule has 1 aliphatic rings. The summed E-state index contributed by atoms with van der Waals surface area (Å²) in [5.41, 5.74) is 2.82. The Hall–Kier alpha value is -1.82. The number of rotatable bonds is 3. The first-order valence-electron chi connectivity index (χ1n) is 4.80. The van der Waals surface area contributed by atoms with Crippen molar-refractivity contribution in [2.75, 3.05) is 12.1 Å². The molecule has 1 aliphatic heterocycles. The van der Waals surface area contributed by atoms with Gasteiger partial charge in [-0.3, -0.25) is 0 Å². The van der Waals surface area contributed by atoms with Gasteiger partial charge in [0.2, 0.25) is 11.9 Å². The van der Waals surface area contributed by atoms with Crippen LogP contribution in [0.15, 0.2) is 23.7 Å². The van der Waals surface area contributed by atoms with Gasteiger partial charge in [-0.1, -0.05) is 17.4 Å². The van der Waals surface area contributed by atoms with E-state index in [9.17, 15) is 0 Å². The number of fused-ring (bicyclic) bond motifs is 1. The van der Waals surface area contributed by atoms with Crippen molar-refractivity contribution in [1.82, 2.24) is 10.2 Å². The van der Waals surface area contributed by atoms with Crippen molar-refractivity contribution in [3.63, 3.8) is 0 Å². The number of hydrogen-bond acceptors (Lipinski definition) is 6. The molecule has 2 heterocycles. The van der Waals surface area contributed by atoms with E-state index in [-0.39, 0.29) is 0 Å². The van der Waals surface area contributed by atoms with E-state index in [1.807, 2.05) is 18.2 Å². The molecule has 6 heteroatoms. The number of anilines is 1. The lowest BCUT2D eigenvalue weighted by atomic mass is 10.2. The first kappa shape index (κ1) is 9.41. The van der Waals surface area contributed by atoms with Crippen LogP contribution in [0.4, 0.5) is 5.13 Å². The van der Waals surface area contributed by atoms with Crippen molar-refractivity contribution in [3.8, 4) is 11.5 Å². The van der Waals surface area contributed by atoms with Crippen LogP contribution in [0, 0.1) is 0 Å². The molecule has 0 amide bonds. The number of benzene rings is 1. The summed E-state index contributed by atoms with van der Waals surface area (Å²) in [7, 11) is 0. The predicted octanol–water partition coefficient (Wildman–Crippen LogP) is 1.88. The minimum Gasteiger partial charge on any atom is -0.454 e. The lowest BCUT2D eigenvalue weighted by molar-refractivity contribution is 0.174. The maximum atomic E-state index is 5.30. The van der Waals surface area contributed by atoms with Gasteiger partial charge in [-0.15, -0.1) is 10.2 Å². The topological polar surface area (TPSA) is 56.3 Å². The smallest absolute Gasteiger partial charge is 0.231 e. The van der Waals surface area contributed by atoms with E-state index in [1.54, 1.807) is 5.51 Å². The van der Waals surface area contributed by atoms with Crippen LogP contribution >= 0.6 is 11.3 Å². The van der Waals surface area contributed by atoms with Gasteiger partial charge in [-0.05, 0) is 17.7 Å². The minimum absolute atomic E-state index is 0.308. The van der Waals surface area contributed by atoms with Crippen molar-refractivity contribution < 1.29 is 9.47 Å². The van der Waals surface area contributed by atoms with Crippen LogP contribution in [0.2, 0.25) is 0 Å². The van der Waals surface area contributed by atoms with E-state index in [0.717, 1.165) is 22.2 Å². The van der Waals surface area contributed by atoms with Gasteiger partial charge < -0.3 is 14.8 Å². The highest BCUT2D eigenvalue weighted by atomic mass is 32.1. The fraction of sp³-hybridized carbons (Fsp3) is 0.200.